The Kier molecular flexibility index (Phi) is 7.28. The lowest BCUT2D eigenvalue weighted by Gasteiger charge is -2.26. The fraction of sp³-hybridized carbons (Fsp3) is 0.0357. The zero-order valence-corrected chi connectivity index (χ0v) is 23.8. The molecule has 9 heteroatoms. The van der Waals surface area contributed by atoms with Crippen LogP contribution < -0.4 is 15.0 Å². The zero-order valence-electron chi connectivity index (χ0n) is 19.0. The van der Waals surface area contributed by atoms with Crippen molar-refractivity contribution in [3.05, 3.63) is 109 Å². The van der Waals surface area contributed by atoms with Crippen LogP contribution >= 0.6 is 47.8 Å². The molecule has 4 aromatic carbocycles. The minimum Gasteiger partial charge on any atom is -0.487 e. The lowest BCUT2D eigenvalue weighted by atomic mass is 10.0. The fourth-order valence-electron chi connectivity index (χ4n) is 4.05. The standard InChI is InChI=1S/C28H17Br3N2O4/c29-19-8-10-21(11-9-19)33-27(35)23(26(34)32-28(33)36)13-18-12-20(30)14-24(31)25(18)37-15-17-6-3-5-16-4-1-2-7-22(16)17/h1-14H,15H2,(H,32,34,36)/b23-13+. The van der Waals surface area contributed by atoms with E-state index in [-0.39, 0.29) is 12.2 Å². The van der Waals surface area contributed by atoms with E-state index in [2.05, 4.69) is 53.1 Å². The summed E-state index contributed by atoms with van der Waals surface area (Å²) >= 11 is 10.3. The first-order valence-electron chi connectivity index (χ1n) is 11.1. The van der Waals surface area contributed by atoms with Crippen molar-refractivity contribution in [1.82, 2.24) is 5.32 Å². The Morgan fingerprint density at radius 2 is 1.57 bits per heavy atom. The van der Waals surface area contributed by atoms with E-state index in [1.54, 1.807) is 30.3 Å². The van der Waals surface area contributed by atoms with Crippen molar-refractivity contribution in [2.24, 2.45) is 0 Å². The number of halogens is 3. The molecular weight excluding hydrogens is 668 g/mol. The molecule has 1 heterocycles. The maximum absolute atomic E-state index is 13.3. The van der Waals surface area contributed by atoms with Crippen molar-refractivity contribution in [3.63, 3.8) is 0 Å². The summed E-state index contributed by atoms with van der Waals surface area (Å²) in [5, 5.41) is 4.43. The quantitative estimate of drug-likeness (QED) is 0.176. The molecule has 0 spiro atoms. The molecule has 1 N–H and O–H groups in total. The summed E-state index contributed by atoms with van der Waals surface area (Å²) in [5.41, 5.74) is 1.63. The highest BCUT2D eigenvalue weighted by Gasteiger charge is 2.37. The van der Waals surface area contributed by atoms with E-state index < -0.39 is 17.8 Å². The van der Waals surface area contributed by atoms with Gasteiger partial charge in [-0.2, -0.15) is 0 Å². The van der Waals surface area contributed by atoms with Crippen molar-refractivity contribution in [2.75, 3.05) is 4.90 Å². The number of barbiturate groups is 1. The summed E-state index contributed by atoms with van der Waals surface area (Å²) in [5.74, 6) is -1.05. The molecule has 0 saturated carbocycles. The van der Waals surface area contributed by atoms with Crippen LogP contribution in [0.5, 0.6) is 5.75 Å². The van der Waals surface area contributed by atoms with Crippen molar-refractivity contribution < 1.29 is 19.1 Å². The molecule has 5 rings (SSSR count). The SMILES string of the molecule is O=C1NC(=O)N(c2ccc(Br)cc2)C(=O)/C1=C/c1cc(Br)cc(Br)c1OCc1cccc2ccccc12. The topological polar surface area (TPSA) is 75.7 Å². The van der Waals surface area contributed by atoms with Gasteiger partial charge in [-0.05, 0) is 74.7 Å². The van der Waals surface area contributed by atoms with E-state index >= 15 is 0 Å². The molecule has 1 saturated heterocycles. The van der Waals surface area contributed by atoms with Crippen LogP contribution in [0, 0.1) is 0 Å². The van der Waals surface area contributed by atoms with Gasteiger partial charge in [-0.15, -0.1) is 0 Å². The maximum atomic E-state index is 13.3. The van der Waals surface area contributed by atoms with Crippen molar-refractivity contribution in [1.29, 1.82) is 0 Å². The molecule has 1 fully saturated rings. The Hall–Kier alpha value is -3.27. The lowest BCUT2D eigenvalue weighted by Crippen LogP contribution is -2.54. The number of ether oxygens (including phenoxy) is 1. The summed E-state index contributed by atoms with van der Waals surface area (Å²) < 4.78 is 8.38. The largest absolute Gasteiger partial charge is 0.487 e. The second-order valence-corrected chi connectivity index (χ2v) is 10.9. The first kappa shape index (κ1) is 25.4. The fourth-order valence-corrected chi connectivity index (χ4v) is 5.68. The third kappa shape index (κ3) is 5.25. The average molecular weight is 685 g/mol. The number of nitrogens with zero attached hydrogens (tertiary/aromatic N) is 1. The van der Waals surface area contributed by atoms with E-state index in [9.17, 15) is 14.4 Å². The molecule has 37 heavy (non-hydrogen) atoms. The van der Waals surface area contributed by atoms with Crippen LogP contribution in [0.15, 0.2) is 97.9 Å². The van der Waals surface area contributed by atoms with Gasteiger partial charge in [0, 0.05) is 14.5 Å². The molecule has 0 aromatic heterocycles. The van der Waals surface area contributed by atoms with Crippen molar-refractivity contribution in [3.8, 4) is 5.75 Å². The Labute approximate surface area is 237 Å². The summed E-state index contributed by atoms with van der Waals surface area (Å²) in [6.07, 6.45) is 1.43. The van der Waals surface area contributed by atoms with E-state index in [1.165, 1.54) is 6.08 Å². The van der Waals surface area contributed by atoms with Gasteiger partial charge in [0.15, 0.2) is 0 Å². The summed E-state index contributed by atoms with van der Waals surface area (Å²) in [6.45, 7) is 0.265. The molecule has 1 aliphatic rings. The number of carbonyl (C=O) groups excluding carboxylic acids is 3. The molecular formula is C28H17Br3N2O4. The number of imide groups is 2. The molecule has 4 aromatic rings. The van der Waals surface area contributed by atoms with E-state index in [0.717, 1.165) is 25.7 Å². The minimum atomic E-state index is -0.808. The predicted molar refractivity (Wildman–Crippen MR) is 153 cm³/mol. The first-order valence-corrected chi connectivity index (χ1v) is 13.5. The monoisotopic (exact) mass is 682 g/mol. The smallest absolute Gasteiger partial charge is 0.335 e. The number of rotatable bonds is 5. The van der Waals surface area contributed by atoms with Crippen molar-refractivity contribution >= 4 is 88.2 Å². The van der Waals surface area contributed by atoms with Crippen LogP contribution in [0.2, 0.25) is 0 Å². The van der Waals surface area contributed by atoms with Crippen molar-refractivity contribution in [2.45, 2.75) is 6.61 Å². The van der Waals surface area contributed by atoms with Crippen LogP contribution in [-0.2, 0) is 16.2 Å². The zero-order chi connectivity index (χ0) is 26.1. The number of hydrogen-bond donors (Lipinski definition) is 1. The minimum absolute atomic E-state index is 0.192. The van der Waals surface area contributed by atoms with Crippen LogP contribution in [-0.4, -0.2) is 17.8 Å². The first-order chi connectivity index (χ1) is 17.8. The Balaban J connectivity index is 1.52. The van der Waals surface area contributed by atoms with Gasteiger partial charge < -0.3 is 4.74 Å². The molecule has 0 atom stereocenters. The number of hydrogen-bond acceptors (Lipinski definition) is 4. The Bertz CT molecular complexity index is 1590. The van der Waals surface area contributed by atoms with E-state index in [4.69, 9.17) is 4.74 Å². The second-order valence-electron chi connectivity index (χ2n) is 8.17. The summed E-state index contributed by atoms with van der Waals surface area (Å²) in [4.78, 5) is 39.5. The molecule has 1 aliphatic heterocycles. The molecule has 0 aliphatic carbocycles. The third-order valence-corrected chi connectivity index (χ3v) is 7.35. The van der Waals surface area contributed by atoms with Crippen LogP contribution in [0.1, 0.15) is 11.1 Å². The van der Waals surface area contributed by atoms with E-state index in [1.807, 2.05) is 48.5 Å². The van der Waals surface area contributed by atoms with Crippen LogP contribution in [0.4, 0.5) is 10.5 Å². The number of fused-ring (bicyclic) bond motifs is 1. The van der Waals surface area contributed by atoms with E-state index in [0.29, 0.717) is 25.9 Å². The normalized spacial score (nSPS) is 14.8. The molecule has 0 unspecified atom stereocenters. The second kappa shape index (κ2) is 10.6. The van der Waals surface area contributed by atoms with Gasteiger partial charge in [-0.3, -0.25) is 14.9 Å². The summed E-state index contributed by atoms with van der Waals surface area (Å²) in [7, 11) is 0. The van der Waals surface area contributed by atoms with Gasteiger partial charge in [-0.25, -0.2) is 9.69 Å². The predicted octanol–water partition coefficient (Wildman–Crippen LogP) is 7.37. The Morgan fingerprint density at radius 1 is 0.838 bits per heavy atom. The third-order valence-electron chi connectivity index (χ3n) is 5.78. The number of nitrogens with one attached hydrogen (secondary N) is 1. The van der Waals surface area contributed by atoms with Gasteiger partial charge in [0.25, 0.3) is 11.8 Å². The van der Waals surface area contributed by atoms with Gasteiger partial charge in [0.05, 0.1) is 10.2 Å². The molecule has 6 nitrogen and oxygen atoms in total. The van der Waals surface area contributed by atoms with Gasteiger partial charge in [0.1, 0.15) is 17.9 Å². The van der Waals surface area contributed by atoms with Gasteiger partial charge in [-0.1, -0.05) is 74.3 Å². The lowest BCUT2D eigenvalue weighted by molar-refractivity contribution is -0.122. The number of carbonyl (C=O) groups is 3. The molecule has 4 amide bonds. The molecule has 0 radical (unpaired) electrons. The highest BCUT2D eigenvalue weighted by atomic mass is 79.9. The number of benzene rings is 4. The Morgan fingerprint density at radius 3 is 2.35 bits per heavy atom. The molecule has 184 valence electrons. The van der Waals surface area contributed by atoms with Gasteiger partial charge in [0.2, 0.25) is 0 Å². The number of amides is 4. The van der Waals surface area contributed by atoms with Gasteiger partial charge >= 0.3 is 6.03 Å². The average Bonchev–Trinajstić information content (AvgIpc) is 2.87. The number of urea groups is 1. The number of anilines is 1. The summed E-state index contributed by atoms with van der Waals surface area (Å²) in [6, 6.07) is 23.4. The molecule has 0 bridgehead atoms. The maximum Gasteiger partial charge on any atom is 0.335 e. The highest BCUT2D eigenvalue weighted by molar-refractivity contribution is 9.11. The highest BCUT2D eigenvalue weighted by Crippen LogP contribution is 2.36. The van der Waals surface area contributed by atoms with Crippen LogP contribution in [0.3, 0.4) is 0 Å². The van der Waals surface area contributed by atoms with Crippen LogP contribution in [0.25, 0.3) is 16.8 Å².